The van der Waals surface area contributed by atoms with Gasteiger partial charge in [0.15, 0.2) is 0 Å². The maximum Gasteiger partial charge on any atom is 0.326 e. The van der Waals surface area contributed by atoms with Gasteiger partial charge in [-0.2, -0.15) is 25.3 Å². The fraction of sp³-hybridized carbons (Fsp3) is 0.245. The summed E-state index contributed by atoms with van der Waals surface area (Å²) in [5.74, 6) is -3.12. The van der Waals surface area contributed by atoms with Gasteiger partial charge in [0.25, 0.3) is 17.7 Å². The quantitative estimate of drug-likeness (QED) is 0.0565. The van der Waals surface area contributed by atoms with Crippen LogP contribution in [0.4, 0.5) is 22.7 Å². The first-order valence-electron chi connectivity index (χ1n) is 24.0. The number of ether oxygens (including phenoxy) is 1. The summed E-state index contributed by atoms with van der Waals surface area (Å²) in [5.41, 5.74) is 12.2. The van der Waals surface area contributed by atoms with E-state index in [4.69, 9.17) is 10.5 Å². The molecule has 24 heteroatoms. The minimum Gasteiger partial charge on any atom is -0.506 e. The van der Waals surface area contributed by atoms with Crippen LogP contribution in [0, 0.1) is 0 Å². The summed E-state index contributed by atoms with van der Waals surface area (Å²) in [7, 11) is -11.9. The van der Waals surface area contributed by atoms with Crippen LogP contribution in [-0.4, -0.2) is 90.5 Å². The largest absolute Gasteiger partial charge is 0.506 e. The number of hydrogen-bond acceptors (Lipinski definition) is 15. The number of nitrogens with zero attached hydrogens (tertiary/aromatic N) is 3. The molecule has 3 amide bonds. The van der Waals surface area contributed by atoms with Gasteiger partial charge < -0.3 is 25.8 Å². The van der Waals surface area contributed by atoms with E-state index in [0.29, 0.717) is 24.1 Å². The van der Waals surface area contributed by atoms with Crippen LogP contribution >= 0.6 is 0 Å². The van der Waals surface area contributed by atoms with Gasteiger partial charge in [-0.05, 0) is 114 Å². The number of nitrogens with two attached hydrogens (primary N) is 1. The van der Waals surface area contributed by atoms with Crippen molar-refractivity contribution < 1.29 is 64.5 Å². The van der Waals surface area contributed by atoms with Gasteiger partial charge in [-0.25, -0.2) is 27.1 Å². The summed E-state index contributed by atoms with van der Waals surface area (Å²) in [5, 5.41) is 30.8. The molecule has 3 aliphatic rings. The van der Waals surface area contributed by atoms with Crippen LogP contribution in [0.2, 0.25) is 0 Å². The van der Waals surface area contributed by atoms with E-state index >= 15 is 0 Å². The minimum atomic E-state index is -4.01. The zero-order chi connectivity index (χ0) is 55.8. The van der Waals surface area contributed by atoms with Crippen molar-refractivity contribution >= 4 is 77.1 Å². The molecule has 21 nitrogen and oxygen atoms in total. The molecule has 9 rings (SSSR count). The second-order valence-electron chi connectivity index (χ2n) is 18.2. The molecule has 3 aliphatic heterocycles. The van der Waals surface area contributed by atoms with E-state index in [0.717, 1.165) is 35.2 Å². The number of esters is 1. The van der Waals surface area contributed by atoms with Crippen LogP contribution in [0.3, 0.4) is 0 Å². The summed E-state index contributed by atoms with van der Waals surface area (Å²) in [6.07, 6.45) is 1.61. The number of hydrogen-bond donors (Lipinski definition) is 7. The molecule has 3 heterocycles. The molecule has 8 N–H and O–H groups in total. The molecule has 77 heavy (non-hydrogen) atoms. The summed E-state index contributed by atoms with van der Waals surface area (Å²) in [6.45, 7) is 5.04. The summed E-state index contributed by atoms with van der Waals surface area (Å²) < 4.78 is 84.7. The molecule has 6 aromatic carbocycles. The van der Waals surface area contributed by atoms with E-state index in [-0.39, 0.29) is 78.2 Å². The van der Waals surface area contributed by atoms with Gasteiger partial charge >= 0.3 is 36.6 Å². The number of para-hydroxylation sites is 1. The first-order chi connectivity index (χ1) is 36.5. The Kier molecular flexibility index (Phi) is 17.3. The van der Waals surface area contributed by atoms with Crippen molar-refractivity contribution in [3.8, 4) is 17.2 Å². The van der Waals surface area contributed by atoms with Crippen molar-refractivity contribution in [2.75, 3.05) is 44.9 Å². The highest BCUT2D eigenvalue weighted by Crippen LogP contribution is 2.36. The molecule has 3 atom stereocenters. The molecule has 3 unspecified atom stereocenters. The highest BCUT2D eigenvalue weighted by Gasteiger charge is 2.38. The molecule has 6 aromatic rings. The summed E-state index contributed by atoms with van der Waals surface area (Å²) in [6, 6.07) is 40.8. The van der Waals surface area contributed by atoms with E-state index in [1.807, 2.05) is 106 Å². The molecule has 3 fully saturated rings. The zero-order valence-corrected chi connectivity index (χ0v) is 44.4. The number of phenolic OH excluding ortho intramolecular Hbond substituents is 3. The number of carbonyl (C=O) groups excluding carboxylic acids is 4. The molecular formula is C53H57N7O14S3. The lowest BCUT2D eigenvalue weighted by Gasteiger charge is -2.19. The average Bonchev–Trinajstić information content (AvgIpc) is 3.95. The van der Waals surface area contributed by atoms with E-state index in [1.54, 1.807) is 31.2 Å². The van der Waals surface area contributed by atoms with Crippen LogP contribution in [0.15, 0.2) is 140 Å². The third-order valence-electron chi connectivity index (χ3n) is 12.6. The highest BCUT2D eigenvalue weighted by molar-refractivity contribution is 7.92. The number of nitrogen functional groups attached to an aromatic ring is 1. The lowest BCUT2D eigenvalue weighted by atomic mass is 9.92. The third-order valence-corrected chi connectivity index (χ3v) is 16.8. The molecule has 0 aliphatic carbocycles. The number of aromatic hydroxyl groups is 3. The van der Waals surface area contributed by atoms with Crippen LogP contribution in [0.25, 0.3) is 0 Å². The molecule has 0 saturated carbocycles. The van der Waals surface area contributed by atoms with Crippen molar-refractivity contribution in [1.29, 1.82) is 0 Å². The predicted molar refractivity (Wildman–Crippen MR) is 289 cm³/mol. The molecule has 0 spiro atoms. The van der Waals surface area contributed by atoms with Crippen molar-refractivity contribution in [3.05, 3.63) is 173 Å². The fourth-order valence-corrected chi connectivity index (χ4v) is 12.4. The average molecular weight is 1110 g/mol. The molecule has 0 bridgehead atoms. The molecule has 0 aromatic heterocycles. The lowest BCUT2D eigenvalue weighted by Crippen LogP contribution is -2.29. The molecular weight excluding hydrogens is 1050 g/mol. The van der Waals surface area contributed by atoms with E-state index < -0.39 is 60.8 Å². The van der Waals surface area contributed by atoms with Crippen molar-refractivity contribution in [2.24, 2.45) is 0 Å². The normalized spacial score (nSPS) is 17.1. The Morgan fingerprint density at radius 3 is 1.26 bits per heavy atom. The smallest absolute Gasteiger partial charge is 0.326 e. The minimum absolute atomic E-state index is 0.00510. The SMILES string of the molecule is CC(Cc1ccc(N2CC(=O)NS2(=O)=O)c(O)c1)c1ccccc1.CC(Cc1ccc(N2CC(=O)NS2(=O)=O)c(O)c1)c1ccccc1N.CCOC(=O)C(Cc1ccc(N2CC(=O)NS2(=O)=O)c(O)c1)c1ccccc1. The van der Waals surface area contributed by atoms with Crippen molar-refractivity contribution in [3.63, 3.8) is 0 Å². The third kappa shape index (κ3) is 13.7. The summed E-state index contributed by atoms with van der Waals surface area (Å²) in [4.78, 5) is 46.4. The number of benzene rings is 6. The standard InChI is InChI=1S/C19H20N2O6S.C17H19N3O4S.C17H18N2O4S/c1-2-27-19(24)15(14-6-4-3-5-7-14)10-13-8-9-16(17(22)11-13)21-12-18(23)20-28(21,25)26;1-11(13-4-2-3-5-14(13)18)8-12-6-7-15(16(21)9-12)20-10-17(22)19-25(20,23)24;1-12(14-5-3-2-4-6-14)9-13-7-8-15(16(20)10-13)19-11-17(21)18-24(19,22)23/h3-9,11,15,22H,2,10,12H2,1H3,(H,20,23);2-7,9,11,21H,8,10,18H2,1H3,(H,19,22);2-8,10,12,20H,9,11H2,1H3,(H,18,21). The molecule has 3 saturated heterocycles. The van der Waals surface area contributed by atoms with E-state index in [2.05, 4.69) is 6.92 Å². The molecule has 0 radical (unpaired) electrons. The van der Waals surface area contributed by atoms with Gasteiger partial charge in [-0.1, -0.05) is 111 Å². The number of nitrogens with one attached hydrogen (secondary N) is 3. The van der Waals surface area contributed by atoms with Crippen LogP contribution in [-0.2, 0) is 73.8 Å². The predicted octanol–water partition coefficient (Wildman–Crippen LogP) is 4.88. The number of phenols is 3. The van der Waals surface area contributed by atoms with Gasteiger partial charge in [0.05, 0.1) is 29.6 Å². The van der Waals surface area contributed by atoms with Crippen LogP contribution < -0.4 is 32.8 Å². The van der Waals surface area contributed by atoms with E-state index in [9.17, 15) is 59.8 Å². The van der Waals surface area contributed by atoms with E-state index in [1.165, 1.54) is 35.9 Å². The Bertz CT molecular complexity index is 3520. The van der Waals surface area contributed by atoms with Crippen molar-refractivity contribution in [1.82, 2.24) is 14.2 Å². The van der Waals surface area contributed by atoms with Crippen LogP contribution in [0.5, 0.6) is 17.2 Å². The maximum absolute atomic E-state index is 12.4. The Hall–Kier alpha value is -8.35. The van der Waals surface area contributed by atoms with Crippen LogP contribution in [0.1, 0.15) is 71.9 Å². The Morgan fingerprint density at radius 1 is 0.532 bits per heavy atom. The number of rotatable bonds is 14. The van der Waals surface area contributed by atoms with Gasteiger partial charge in [-0.3, -0.25) is 19.2 Å². The number of carbonyl (C=O) groups is 4. The van der Waals surface area contributed by atoms with Gasteiger partial charge in [0.2, 0.25) is 0 Å². The Balaban J connectivity index is 0.000000168. The van der Waals surface area contributed by atoms with Gasteiger partial charge in [-0.15, -0.1) is 0 Å². The second-order valence-corrected chi connectivity index (χ2v) is 23.0. The lowest BCUT2D eigenvalue weighted by molar-refractivity contribution is -0.145. The first-order valence-corrected chi connectivity index (χ1v) is 28.3. The fourth-order valence-electron chi connectivity index (χ4n) is 8.88. The second kappa shape index (κ2) is 23.7. The zero-order valence-electron chi connectivity index (χ0n) is 41.9. The molecule has 406 valence electrons. The first kappa shape index (κ1) is 56.4. The summed E-state index contributed by atoms with van der Waals surface area (Å²) >= 11 is 0. The van der Waals surface area contributed by atoms with Crippen molar-refractivity contribution in [2.45, 2.75) is 57.8 Å². The Labute approximate surface area is 446 Å². The number of amides is 3. The van der Waals surface area contributed by atoms with Gasteiger partial charge in [0, 0.05) is 5.69 Å². The number of anilines is 4. The maximum atomic E-state index is 12.4. The van der Waals surface area contributed by atoms with Gasteiger partial charge in [0.1, 0.15) is 36.9 Å². The Morgan fingerprint density at radius 2 is 0.896 bits per heavy atom. The monoisotopic (exact) mass is 1110 g/mol. The topological polar surface area (TPSA) is 312 Å². The highest BCUT2D eigenvalue weighted by atomic mass is 32.2.